The van der Waals surface area contributed by atoms with Crippen molar-refractivity contribution in [2.24, 2.45) is 5.41 Å². The summed E-state index contributed by atoms with van der Waals surface area (Å²) in [6.07, 6.45) is 0. The van der Waals surface area contributed by atoms with Gasteiger partial charge in [-0.2, -0.15) is 0 Å². The minimum absolute atomic E-state index is 0.147. The highest BCUT2D eigenvalue weighted by atomic mass is 16.4. The maximum atomic E-state index is 9.40. The number of benzene rings is 3. The topological polar surface area (TPSA) is 83.2 Å². The third-order valence-corrected chi connectivity index (χ3v) is 5.61. The molecule has 0 saturated heterocycles. The average Bonchev–Trinajstić information content (AvgIpc) is 3.28. The molecule has 0 radical (unpaired) electrons. The van der Waals surface area contributed by atoms with Crippen LogP contribution in [0.2, 0.25) is 0 Å². The lowest BCUT2D eigenvalue weighted by Gasteiger charge is -2.22. The Morgan fingerprint density at radius 3 is 2.45 bits per heavy atom. The van der Waals surface area contributed by atoms with Gasteiger partial charge in [-0.1, -0.05) is 73.5 Å². The normalized spacial score (nSPS) is 11.5. The van der Waals surface area contributed by atoms with Crippen molar-refractivity contribution in [3.63, 3.8) is 0 Å². The molecule has 6 nitrogen and oxygen atoms in total. The molecule has 33 heavy (non-hydrogen) atoms. The Morgan fingerprint density at radius 1 is 0.909 bits per heavy atom. The predicted molar refractivity (Wildman–Crippen MR) is 132 cm³/mol. The van der Waals surface area contributed by atoms with E-state index < -0.39 is 0 Å². The molecule has 4 aromatic rings. The fourth-order valence-electron chi connectivity index (χ4n) is 3.66. The number of rotatable bonds is 9. The molecule has 0 spiro atoms. The minimum Gasteiger partial charge on any atom is -0.403 e. The van der Waals surface area contributed by atoms with Crippen LogP contribution in [0.25, 0.3) is 22.6 Å². The third-order valence-electron chi connectivity index (χ3n) is 5.61. The summed E-state index contributed by atoms with van der Waals surface area (Å²) < 4.78 is 5.95. The molecule has 0 fully saturated rings. The van der Waals surface area contributed by atoms with Gasteiger partial charge in [0.1, 0.15) is 0 Å². The standard InChI is InChI=1S/C27H30N4O2/c1-19-23(21-10-5-4-6-11-21)13-8-14-24(19)25-30-31-26(33-25)29-22-12-7-9-20(15-22)16-28-17-27(2,3)18-32/h4-15,28,32H,16-18H2,1-3H3,(H,29,31). The average molecular weight is 443 g/mol. The highest BCUT2D eigenvalue weighted by Crippen LogP contribution is 2.32. The first-order chi connectivity index (χ1) is 15.9. The first-order valence-electron chi connectivity index (χ1n) is 11.1. The van der Waals surface area contributed by atoms with Gasteiger partial charge in [-0.3, -0.25) is 0 Å². The Bertz CT molecular complexity index is 1200. The summed E-state index contributed by atoms with van der Waals surface area (Å²) in [4.78, 5) is 0. The molecular weight excluding hydrogens is 412 g/mol. The summed E-state index contributed by atoms with van der Waals surface area (Å²) in [5.41, 5.74) is 6.17. The second-order valence-electron chi connectivity index (χ2n) is 9.01. The quantitative estimate of drug-likeness (QED) is 0.315. The van der Waals surface area contributed by atoms with E-state index in [1.807, 2.05) is 62.4 Å². The maximum Gasteiger partial charge on any atom is 0.320 e. The number of aliphatic hydroxyl groups is 1. The Morgan fingerprint density at radius 2 is 1.67 bits per heavy atom. The van der Waals surface area contributed by atoms with Crippen molar-refractivity contribution < 1.29 is 9.52 Å². The minimum atomic E-state index is -0.147. The van der Waals surface area contributed by atoms with Gasteiger partial charge in [0.15, 0.2) is 0 Å². The Kier molecular flexibility index (Phi) is 6.87. The summed E-state index contributed by atoms with van der Waals surface area (Å²) in [7, 11) is 0. The molecule has 0 unspecified atom stereocenters. The summed E-state index contributed by atoms with van der Waals surface area (Å²) >= 11 is 0. The molecule has 3 aromatic carbocycles. The van der Waals surface area contributed by atoms with Crippen LogP contribution in [0.5, 0.6) is 0 Å². The molecule has 4 rings (SSSR count). The molecule has 0 aliphatic rings. The molecule has 0 aliphatic carbocycles. The van der Waals surface area contributed by atoms with Crippen LogP contribution < -0.4 is 10.6 Å². The van der Waals surface area contributed by atoms with Gasteiger partial charge >= 0.3 is 6.01 Å². The molecule has 1 aromatic heterocycles. The van der Waals surface area contributed by atoms with Gasteiger partial charge in [0, 0.05) is 36.4 Å². The summed E-state index contributed by atoms with van der Waals surface area (Å²) in [6.45, 7) is 7.72. The first-order valence-corrected chi connectivity index (χ1v) is 11.1. The zero-order valence-corrected chi connectivity index (χ0v) is 19.3. The van der Waals surface area contributed by atoms with Gasteiger partial charge in [0.25, 0.3) is 0 Å². The van der Waals surface area contributed by atoms with Crippen LogP contribution >= 0.6 is 0 Å². The van der Waals surface area contributed by atoms with Gasteiger partial charge in [-0.15, -0.1) is 5.10 Å². The van der Waals surface area contributed by atoms with Crippen molar-refractivity contribution in [3.05, 3.63) is 83.9 Å². The molecule has 1 heterocycles. The smallest absolute Gasteiger partial charge is 0.320 e. The molecule has 6 heteroatoms. The van der Waals surface area contributed by atoms with E-state index in [0.717, 1.165) is 40.0 Å². The SMILES string of the molecule is Cc1c(-c2ccccc2)cccc1-c1nnc(Nc2cccc(CNCC(C)(C)CO)c2)o1. The van der Waals surface area contributed by atoms with E-state index in [2.05, 4.69) is 52.0 Å². The lowest BCUT2D eigenvalue weighted by molar-refractivity contribution is 0.156. The summed E-state index contributed by atoms with van der Waals surface area (Å²) in [6, 6.07) is 24.8. The van der Waals surface area contributed by atoms with E-state index in [-0.39, 0.29) is 12.0 Å². The number of nitrogens with one attached hydrogen (secondary N) is 2. The zero-order chi connectivity index (χ0) is 23.3. The summed E-state index contributed by atoms with van der Waals surface area (Å²) in [5, 5.41) is 24.5. The molecule has 0 aliphatic heterocycles. The van der Waals surface area contributed by atoms with Crippen molar-refractivity contribution in [2.75, 3.05) is 18.5 Å². The fourth-order valence-corrected chi connectivity index (χ4v) is 3.66. The molecule has 0 saturated carbocycles. The predicted octanol–water partition coefficient (Wildman–Crippen LogP) is 5.56. The zero-order valence-electron chi connectivity index (χ0n) is 19.3. The number of aliphatic hydroxyl groups excluding tert-OH is 1. The monoisotopic (exact) mass is 442 g/mol. The highest BCUT2D eigenvalue weighted by molar-refractivity contribution is 5.75. The number of hydrogen-bond acceptors (Lipinski definition) is 6. The van der Waals surface area contributed by atoms with Crippen molar-refractivity contribution in [3.8, 4) is 22.6 Å². The molecular formula is C27H30N4O2. The van der Waals surface area contributed by atoms with Crippen molar-refractivity contribution >= 4 is 11.7 Å². The van der Waals surface area contributed by atoms with Crippen LogP contribution in [0.15, 0.2) is 77.2 Å². The second-order valence-corrected chi connectivity index (χ2v) is 9.01. The third kappa shape index (κ3) is 5.66. The van der Waals surface area contributed by atoms with Gasteiger partial charge in [0.2, 0.25) is 5.89 Å². The highest BCUT2D eigenvalue weighted by Gasteiger charge is 2.16. The van der Waals surface area contributed by atoms with E-state index in [0.29, 0.717) is 18.5 Å². The lowest BCUT2D eigenvalue weighted by Crippen LogP contribution is -2.31. The molecule has 170 valence electrons. The van der Waals surface area contributed by atoms with Crippen LogP contribution in [0.3, 0.4) is 0 Å². The Balaban J connectivity index is 1.47. The maximum absolute atomic E-state index is 9.40. The van der Waals surface area contributed by atoms with Crippen molar-refractivity contribution in [1.82, 2.24) is 15.5 Å². The second kappa shape index (κ2) is 9.98. The first kappa shape index (κ1) is 22.7. The van der Waals surface area contributed by atoms with Crippen LogP contribution in [0.4, 0.5) is 11.7 Å². The van der Waals surface area contributed by atoms with Crippen LogP contribution in [-0.4, -0.2) is 28.5 Å². The largest absolute Gasteiger partial charge is 0.403 e. The molecule has 0 atom stereocenters. The van der Waals surface area contributed by atoms with E-state index in [1.54, 1.807) is 0 Å². The molecule has 3 N–H and O–H groups in total. The molecule has 0 bridgehead atoms. The van der Waals surface area contributed by atoms with Crippen LogP contribution in [-0.2, 0) is 6.54 Å². The van der Waals surface area contributed by atoms with Gasteiger partial charge in [-0.05, 0) is 47.4 Å². The number of hydrogen-bond donors (Lipinski definition) is 3. The van der Waals surface area contributed by atoms with Gasteiger partial charge in [0.05, 0.1) is 0 Å². The number of anilines is 2. The molecule has 0 amide bonds. The Labute approximate surface area is 194 Å². The van der Waals surface area contributed by atoms with Gasteiger partial charge in [-0.25, -0.2) is 0 Å². The fraction of sp³-hybridized carbons (Fsp3) is 0.259. The van der Waals surface area contributed by atoms with Gasteiger partial charge < -0.3 is 20.2 Å². The van der Waals surface area contributed by atoms with Crippen molar-refractivity contribution in [1.29, 1.82) is 0 Å². The van der Waals surface area contributed by atoms with Crippen molar-refractivity contribution in [2.45, 2.75) is 27.3 Å². The van der Waals surface area contributed by atoms with Crippen LogP contribution in [0.1, 0.15) is 25.0 Å². The Hall–Kier alpha value is -3.48. The van der Waals surface area contributed by atoms with E-state index >= 15 is 0 Å². The van der Waals surface area contributed by atoms with E-state index in [4.69, 9.17) is 4.42 Å². The van der Waals surface area contributed by atoms with E-state index in [9.17, 15) is 5.11 Å². The van der Waals surface area contributed by atoms with E-state index in [1.165, 1.54) is 0 Å². The number of nitrogens with zero attached hydrogens (tertiary/aromatic N) is 2. The number of aromatic nitrogens is 2. The summed E-state index contributed by atoms with van der Waals surface area (Å²) in [5.74, 6) is 0.483. The van der Waals surface area contributed by atoms with Crippen LogP contribution in [0, 0.1) is 12.3 Å². The lowest BCUT2D eigenvalue weighted by atomic mass is 9.95.